The van der Waals surface area contributed by atoms with E-state index in [4.69, 9.17) is 0 Å². The number of amides is 3. The molecule has 0 aliphatic rings. The maximum absolute atomic E-state index is 11.6. The number of anilines is 1. The Labute approximate surface area is 133 Å². The minimum atomic E-state index is -0.166. The van der Waals surface area contributed by atoms with E-state index in [1.165, 1.54) is 6.92 Å². The van der Waals surface area contributed by atoms with E-state index in [1.807, 2.05) is 41.1 Å². The first-order valence-electron chi connectivity index (χ1n) is 7.03. The van der Waals surface area contributed by atoms with Gasteiger partial charge in [0.05, 0.1) is 0 Å². The van der Waals surface area contributed by atoms with Crippen molar-refractivity contribution in [1.82, 2.24) is 10.6 Å². The fourth-order valence-corrected chi connectivity index (χ4v) is 2.59. The summed E-state index contributed by atoms with van der Waals surface area (Å²) in [4.78, 5) is 22.6. The van der Waals surface area contributed by atoms with Crippen LogP contribution in [0.3, 0.4) is 0 Å². The smallest absolute Gasteiger partial charge is 0.315 e. The Morgan fingerprint density at radius 3 is 2.45 bits per heavy atom. The van der Waals surface area contributed by atoms with E-state index in [9.17, 15) is 9.59 Å². The van der Waals surface area contributed by atoms with Gasteiger partial charge >= 0.3 is 6.03 Å². The van der Waals surface area contributed by atoms with Crippen LogP contribution >= 0.6 is 11.3 Å². The molecule has 0 atom stereocenters. The lowest BCUT2D eigenvalue weighted by atomic mass is 10.1. The summed E-state index contributed by atoms with van der Waals surface area (Å²) in [7, 11) is 0. The van der Waals surface area contributed by atoms with Gasteiger partial charge in [-0.3, -0.25) is 4.79 Å². The summed E-state index contributed by atoms with van der Waals surface area (Å²) >= 11 is 1.61. The van der Waals surface area contributed by atoms with Crippen molar-refractivity contribution in [3.8, 4) is 0 Å². The molecule has 6 heteroatoms. The molecule has 3 amide bonds. The fourth-order valence-electron chi connectivity index (χ4n) is 1.92. The number of thiophene rings is 1. The predicted octanol–water partition coefficient (Wildman–Crippen LogP) is 2.75. The quantitative estimate of drug-likeness (QED) is 0.766. The van der Waals surface area contributed by atoms with Crippen molar-refractivity contribution in [1.29, 1.82) is 0 Å². The Kier molecular flexibility index (Phi) is 5.97. The Hall–Kier alpha value is -2.34. The van der Waals surface area contributed by atoms with Gasteiger partial charge in [-0.15, -0.1) is 0 Å². The van der Waals surface area contributed by atoms with E-state index in [-0.39, 0.29) is 11.9 Å². The Bertz CT molecular complexity index is 609. The molecule has 1 aromatic carbocycles. The zero-order valence-corrected chi connectivity index (χ0v) is 13.2. The SMILES string of the molecule is CC(=O)Nc1ccc(CCNC(=O)NCc2ccsc2)cc1. The zero-order valence-electron chi connectivity index (χ0n) is 12.4. The Morgan fingerprint density at radius 1 is 1.05 bits per heavy atom. The molecular weight excluding hydrogens is 298 g/mol. The zero-order chi connectivity index (χ0) is 15.8. The number of hydrogen-bond acceptors (Lipinski definition) is 3. The monoisotopic (exact) mass is 317 g/mol. The van der Waals surface area contributed by atoms with Crippen molar-refractivity contribution in [2.24, 2.45) is 0 Å². The number of nitrogens with one attached hydrogen (secondary N) is 3. The van der Waals surface area contributed by atoms with Gasteiger partial charge in [0.25, 0.3) is 0 Å². The van der Waals surface area contributed by atoms with Crippen LogP contribution in [0.2, 0.25) is 0 Å². The predicted molar refractivity (Wildman–Crippen MR) is 89.0 cm³/mol. The molecule has 0 fully saturated rings. The first-order valence-corrected chi connectivity index (χ1v) is 7.97. The lowest BCUT2D eigenvalue weighted by molar-refractivity contribution is -0.114. The summed E-state index contributed by atoms with van der Waals surface area (Å²) in [5.74, 6) is -0.0864. The van der Waals surface area contributed by atoms with Gasteiger partial charge < -0.3 is 16.0 Å². The minimum Gasteiger partial charge on any atom is -0.338 e. The molecule has 116 valence electrons. The van der Waals surface area contributed by atoms with Crippen LogP contribution in [-0.4, -0.2) is 18.5 Å². The highest BCUT2D eigenvalue weighted by Crippen LogP contribution is 2.09. The lowest BCUT2D eigenvalue weighted by Gasteiger charge is -2.08. The standard InChI is InChI=1S/C16H19N3O2S/c1-12(20)19-15-4-2-13(3-5-15)6-8-17-16(21)18-10-14-7-9-22-11-14/h2-5,7,9,11H,6,8,10H2,1H3,(H,19,20)(H2,17,18,21). The molecule has 3 N–H and O–H groups in total. The summed E-state index contributed by atoms with van der Waals surface area (Å²) in [6.45, 7) is 2.59. The molecule has 0 aliphatic heterocycles. The van der Waals surface area contributed by atoms with E-state index >= 15 is 0 Å². The molecule has 0 spiro atoms. The normalized spacial score (nSPS) is 10.0. The van der Waals surface area contributed by atoms with Crippen LogP contribution in [0.5, 0.6) is 0 Å². The number of carbonyl (C=O) groups excluding carboxylic acids is 2. The average molecular weight is 317 g/mol. The fraction of sp³-hybridized carbons (Fsp3) is 0.250. The number of hydrogen-bond donors (Lipinski definition) is 3. The lowest BCUT2D eigenvalue weighted by Crippen LogP contribution is -2.36. The molecule has 0 unspecified atom stereocenters. The maximum atomic E-state index is 11.6. The number of benzene rings is 1. The highest BCUT2D eigenvalue weighted by Gasteiger charge is 2.01. The van der Waals surface area contributed by atoms with Gasteiger partial charge in [0.2, 0.25) is 5.91 Å². The van der Waals surface area contributed by atoms with Gasteiger partial charge in [0.1, 0.15) is 0 Å². The molecule has 2 aromatic rings. The largest absolute Gasteiger partial charge is 0.338 e. The van der Waals surface area contributed by atoms with E-state index in [0.29, 0.717) is 13.1 Å². The van der Waals surface area contributed by atoms with Crippen molar-refractivity contribution < 1.29 is 9.59 Å². The molecule has 0 aliphatic carbocycles. The second-order valence-electron chi connectivity index (χ2n) is 4.87. The van der Waals surface area contributed by atoms with Crippen molar-refractivity contribution >= 4 is 29.0 Å². The summed E-state index contributed by atoms with van der Waals surface area (Å²) < 4.78 is 0. The van der Waals surface area contributed by atoms with Crippen molar-refractivity contribution in [2.45, 2.75) is 19.9 Å². The van der Waals surface area contributed by atoms with Crippen molar-refractivity contribution in [2.75, 3.05) is 11.9 Å². The van der Waals surface area contributed by atoms with Crippen LogP contribution < -0.4 is 16.0 Å². The number of carbonyl (C=O) groups is 2. The summed E-state index contributed by atoms with van der Waals surface area (Å²) in [5.41, 5.74) is 2.98. The molecule has 0 saturated carbocycles. The summed E-state index contributed by atoms with van der Waals surface area (Å²) in [6.07, 6.45) is 0.742. The van der Waals surface area contributed by atoms with Crippen molar-refractivity contribution in [3.05, 3.63) is 52.2 Å². The molecule has 1 heterocycles. The third kappa shape index (κ3) is 5.57. The molecule has 1 aromatic heterocycles. The number of urea groups is 1. The van der Waals surface area contributed by atoms with Gasteiger partial charge in [0.15, 0.2) is 0 Å². The average Bonchev–Trinajstić information content (AvgIpc) is 3.00. The highest BCUT2D eigenvalue weighted by molar-refractivity contribution is 7.07. The second-order valence-corrected chi connectivity index (χ2v) is 5.65. The molecule has 0 radical (unpaired) electrons. The van der Waals surface area contributed by atoms with Crippen molar-refractivity contribution in [3.63, 3.8) is 0 Å². The van der Waals surface area contributed by atoms with Crippen LogP contribution in [-0.2, 0) is 17.8 Å². The molecule has 2 rings (SSSR count). The van der Waals surface area contributed by atoms with E-state index in [2.05, 4.69) is 16.0 Å². The Morgan fingerprint density at radius 2 is 1.82 bits per heavy atom. The van der Waals surface area contributed by atoms with E-state index in [1.54, 1.807) is 11.3 Å². The summed E-state index contributed by atoms with van der Waals surface area (Å²) in [6, 6.07) is 9.41. The van der Waals surface area contributed by atoms with Crippen LogP contribution in [0, 0.1) is 0 Å². The number of rotatable bonds is 6. The van der Waals surface area contributed by atoms with Gasteiger partial charge in [-0.25, -0.2) is 4.79 Å². The third-order valence-electron chi connectivity index (χ3n) is 3.01. The van der Waals surface area contributed by atoms with Gasteiger partial charge in [0, 0.05) is 25.7 Å². The minimum absolute atomic E-state index is 0.0864. The Balaban J connectivity index is 1.67. The van der Waals surface area contributed by atoms with Gasteiger partial charge in [-0.2, -0.15) is 11.3 Å². The second kappa shape index (κ2) is 8.19. The molecule has 0 bridgehead atoms. The third-order valence-corrected chi connectivity index (χ3v) is 3.74. The molecule has 0 saturated heterocycles. The van der Waals surface area contributed by atoms with E-state index in [0.717, 1.165) is 23.2 Å². The first-order chi connectivity index (χ1) is 10.6. The maximum Gasteiger partial charge on any atom is 0.315 e. The molecule has 5 nitrogen and oxygen atoms in total. The van der Waals surface area contributed by atoms with Gasteiger partial charge in [-0.05, 0) is 46.5 Å². The van der Waals surface area contributed by atoms with Crippen LogP contribution in [0.15, 0.2) is 41.1 Å². The van der Waals surface area contributed by atoms with Crippen LogP contribution in [0.4, 0.5) is 10.5 Å². The first kappa shape index (κ1) is 16.0. The highest BCUT2D eigenvalue weighted by atomic mass is 32.1. The molecule has 22 heavy (non-hydrogen) atoms. The topological polar surface area (TPSA) is 70.2 Å². The van der Waals surface area contributed by atoms with Crippen LogP contribution in [0.1, 0.15) is 18.1 Å². The van der Waals surface area contributed by atoms with E-state index < -0.39 is 0 Å². The molecular formula is C16H19N3O2S. The van der Waals surface area contributed by atoms with Gasteiger partial charge in [-0.1, -0.05) is 12.1 Å². The summed E-state index contributed by atoms with van der Waals surface area (Å²) in [5, 5.41) is 12.4. The van der Waals surface area contributed by atoms with Crippen LogP contribution in [0.25, 0.3) is 0 Å².